The summed E-state index contributed by atoms with van der Waals surface area (Å²) in [5, 5.41) is 0. The molecule has 27 heavy (non-hydrogen) atoms. The van der Waals surface area contributed by atoms with Crippen LogP contribution in [0, 0.1) is 5.41 Å². The van der Waals surface area contributed by atoms with Crippen molar-refractivity contribution < 1.29 is 19.1 Å². The Morgan fingerprint density at radius 3 is 1.37 bits per heavy atom. The number of nitrogen functional groups attached to an aromatic ring is 2. The van der Waals surface area contributed by atoms with Crippen molar-refractivity contribution >= 4 is 23.3 Å². The zero-order valence-corrected chi connectivity index (χ0v) is 15.7. The minimum atomic E-state index is -0.438. The first kappa shape index (κ1) is 20.3. The van der Waals surface area contributed by atoms with Crippen LogP contribution in [0.25, 0.3) is 0 Å². The summed E-state index contributed by atoms with van der Waals surface area (Å²) < 4.78 is 11.0. The summed E-state index contributed by atoms with van der Waals surface area (Å²) in [6.45, 7) is 4.30. The molecule has 0 atom stereocenters. The normalized spacial score (nSPS) is 11.0. The van der Waals surface area contributed by atoms with E-state index in [0.717, 1.165) is 0 Å². The highest BCUT2D eigenvalue weighted by atomic mass is 16.5. The maximum atomic E-state index is 12.2. The van der Waals surface area contributed by atoms with Crippen molar-refractivity contribution in [3.63, 3.8) is 0 Å². The van der Waals surface area contributed by atoms with Crippen molar-refractivity contribution in [2.75, 3.05) is 24.7 Å². The second-order valence-corrected chi connectivity index (χ2v) is 6.60. The predicted molar refractivity (Wildman–Crippen MR) is 105 cm³/mol. The van der Waals surface area contributed by atoms with Crippen LogP contribution in [0.4, 0.5) is 11.4 Å². The fraction of sp³-hybridized carbons (Fsp3) is 0.333. The van der Waals surface area contributed by atoms with Gasteiger partial charge in [-0.05, 0) is 61.4 Å². The molecule has 0 radical (unpaired) electrons. The highest BCUT2D eigenvalue weighted by Gasteiger charge is 2.30. The lowest BCUT2D eigenvalue weighted by Gasteiger charge is -2.30. The first-order valence-electron chi connectivity index (χ1n) is 8.94. The van der Waals surface area contributed by atoms with E-state index in [9.17, 15) is 9.59 Å². The monoisotopic (exact) mass is 370 g/mol. The van der Waals surface area contributed by atoms with E-state index in [0.29, 0.717) is 35.3 Å². The van der Waals surface area contributed by atoms with Gasteiger partial charge in [0.15, 0.2) is 0 Å². The van der Waals surface area contributed by atoms with Crippen LogP contribution in [0.3, 0.4) is 0 Å². The Morgan fingerprint density at radius 2 is 1.07 bits per heavy atom. The molecule has 0 aromatic heterocycles. The zero-order valence-electron chi connectivity index (χ0n) is 15.7. The lowest BCUT2D eigenvalue weighted by atomic mass is 9.84. The molecule has 144 valence electrons. The van der Waals surface area contributed by atoms with Crippen molar-refractivity contribution in [2.45, 2.75) is 26.7 Å². The lowest BCUT2D eigenvalue weighted by molar-refractivity contribution is -0.00858. The average molecular weight is 370 g/mol. The van der Waals surface area contributed by atoms with Crippen LogP contribution in [-0.4, -0.2) is 25.2 Å². The van der Waals surface area contributed by atoms with Crippen molar-refractivity contribution in [2.24, 2.45) is 5.41 Å². The Balaban J connectivity index is 1.97. The van der Waals surface area contributed by atoms with Gasteiger partial charge in [-0.25, -0.2) is 9.59 Å². The molecule has 6 nitrogen and oxygen atoms in total. The largest absolute Gasteiger partial charge is 0.461 e. The number of nitrogens with two attached hydrogens (primary N) is 2. The van der Waals surface area contributed by atoms with Gasteiger partial charge < -0.3 is 20.9 Å². The number of anilines is 2. The number of esters is 2. The van der Waals surface area contributed by atoms with Crippen LogP contribution in [0.2, 0.25) is 0 Å². The fourth-order valence-electron chi connectivity index (χ4n) is 2.54. The molecule has 0 amide bonds. The minimum absolute atomic E-state index is 0.165. The first-order valence-corrected chi connectivity index (χ1v) is 8.94. The summed E-state index contributed by atoms with van der Waals surface area (Å²) in [6, 6.07) is 13.1. The quantitative estimate of drug-likeness (QED) is 0.543. The Kier molecular flexibility index (Phi) is 6.82. The van der Waals surface area contributed by atoms with Gasteiger partial charge in [0, 0.05) is 16.8 Å². The van der Waals surface area contributed by atoms with E-state index >= 15 is 0 Å². The third-order valence-electron chi connectivity index (χ3n) is 4.81. The number of rotatable bonds is 8. The van der Waals surface area contributed by atoms with E-state index in [1.807, 2.05) is 13.8 Å². The maximum absolute atomic E-state index is 12.2. The summed E-state index contributed by atoms with van der Waals surface area (Å²) >= 11 is 0. The number of hydrogen-bond donors (Lipinski definition) is 2. The van der Waals surface area contributed by atoms with Gasteiger partial charge in [0.2, 0.25) is 0 Å². The van der Waals surface area contributed by atoms with E-state index in [-0.39, 0.29) is 13.2 Å². The number of carbonyl (C=O) groups is 2. The molecule has 0 unspecified atom stereocenters. The SMILES string of the molecule is CCC(CC)(COC(=O)c1ccc(N)cc1)COC(=O)c1ccc(N)cc1. The number of ether oxygens (including phenoxy) is 2. The smallest absolute Gasteiger partial charge is 0.338 e. The van der Waals surface area contributed by atoms with Crippen LogP contribution in [0.15, 0.2) is 48.5 Å². The van der Waals surface area contributed by atoms with Crippen molar-refractivity contribution in [1.29, 1.82) is 0 Å². The van der Waals surface area contributed by atoms with E-state index in [2.05, 4.69) is 0 Å². The maximum Gasteiger partial charge on any atom is 0.338 e. The predicted octanol–water partition coefficient (Wildman–Crippen LogP) is 3.67. The molecule has 0 aliphatic heterocycles. The third kappa shape index (κ3) is 5.48. The highest BCUT2D eigenvalue weighted by molar-refractivity contribution is 5.90. The van der Waals surface area contributed by atoms with Gasteiger partial charge >= 0.3 is 11.9 Å². The summed E-state index contributed by atoms with van der Waals surface area (Å²) in [5.74, 6) is -0.850. The first-order chi connectivity index (χ1) is 12.9. The zero-order chi connectivity index (χ0) is 19.9. The van der Waals surface area contributed by atoms with E-state index in [4.69, 9.17) is 20.9 Å². The molecule has 0 spiro atoms. The molecule has 0 heterocycles. The second-order valence-electron chi connectivity index (χ2n) is 6.60. The Labute approximate surface area is 159 Å². The molecule has 4 N–H and O–H groups in total. The van der Waals surface area contributed by atoms with Gasteiger partial charge in [-0.15, -0.1) is 0 Å². The Hall–Kier alpha value is -3.02. The molecular formula is C21H26N2O4. The summed E-state index contributed by atoms with van der Waals surface area (Å²) in [7, 11) is 0. The number of benzene rings is 2. The van der Waals surface area contributed by atoms with Gasteiger partial charge in [0.25, 0.3) is 0 Å². The Morgan fingerprint density at radius 1 is 0.741 bits per heavy atom. The molecule has 2 aromatic rings. The van der Waals surface area contributed by atoms with Crippen molar-refractivity contribution in [3.8, 4) is 0 Å². The number of hydrogen-bond acceptors (Lipinski definition) is 6. The molecule has 2 rings (SSSR count). The van der Waals surface area contributed by atoms with Crippen LogP contribution < -0.4 is 11.5 Å². The number of carbonyl (C=O) groups excluding carboxylic acids is 2. The Bertz CT molecular complexity index is 702. The molecule has 0 saturated carbocycles. The van der Waals surface area contributed by atoms with Crippen LogP contribution in [0.1, 0.15) is 47.4 Å². The summed E-state index contributed by atoms with van der Waals surface area (Å²) in [5.41, 5.74) is 12.9. The average Bonchev–Trinajstić information content (AvgIpc) is 2.69. The molecule has 6 heteroatoms. The van der Waals surface area contributed by atoms with Crippen molar-refractivity contribution in [3.05, 3.63) is 59.7 Å². The van der Waals surface area contributed by atoms with Crippen LogP contribution >= 0.6 is 0 Å². The fourth-order valence-corrected chi connectivity index (χ4v) is 2.54. The molecule has 2 aromatic carbocycles. The van der Waals surface area contributed by atoms with Crippen molar-refractivity contribution in [1.82, 2.24) is 0 Å². The summed E-state index contributed by atoms with van der Waals surface area (Å²) in [4.78, 5) is 24.5. The topological polar surface area (TPSA) is 105 Å². The molecule has 0 aliphatic carbocycles. The van der Waals surface area contributed by atoms with Gasteiger partial charge in [0.1, 0.15) is 13.2 Å². The van der Waals surface area contributed by atoms with Gasteiger partial charge in [-0.2, -0.15) is 0 Å². The molecule has 0 aliphatic rings. The van der Waals surface area contributed by atoms with E-state index in [1.54, 1.807) is 48.5 Å². The molecule has 0 fully saturated rings. The van der Waals surface area contributed by atoms with Crippen LogP contribution in [0.5, 0.6) is 0 Å². The second kappa shape index (κ2) is 9.07. The highest BCUT2D eigenvalue weighted by Crippen LogP contribution is 2.28. The summed E-state index contributed by atoms with van der Waals surface area (Å²) in [6.07, 6.45) is 1.40. The molecule has 0 bridgehead atoms. The van der Waals surface area contributed by atoms with E-state index in [1.165, 1.54) is 0 Å². The van der Waals surface area contributed by atoms with Gasteiger partial charge in [-0.3, -0.25) is 0 Å². The lowest BCUT2D eigenvalue weighted by Crippen LogP contribution is -2.33. The standard InChI is InChI=1S/C21H26N2O4/c1-3-21(4-2,13-26-19(24)15-5-9-17(22)10-6-15)14-27-20(25)16-7-11-18(23)12-8-16/h5-12H,3-4,13-14,22-23H2,1-2H3. The van der Waals surface area contributed by atoms with Crippen LogP contribution in [-0.2, 0) is 9.47 Å². The van der Waals surface area contributed by atoms with E-state index < -0.39 is 17.4 Å². The van der Waals surface area contributed by atoms with Gasteiger partial charge in [-0.1, -0.05) is 13.8 Å². The third-order valence-corrected chi connectivity index (χ3v) is 4.81. The minimum Gasteiger partial charge on any atom is -0.461 e. The molecule has 0 saturated heterocycles. The molecular weight excluding hydrogens is 344 g/mol. The van der Waals surface area contributed by atoms with Gasteiger partial charge in [0.05, 0.1) is 11.1 Å².